The van der Waals surface area contributed by atoms with Crippen molar-refractivity contribution in [3.05, 3.63) is 29.8 Å². The van der Waals surface area contributed by atoms with Crippen LogP contribution in [0.2, 0.25) is 0 Å². The Morgan fingerprint density at radius 2 is 1.94 bits per heavy atom. The number of sulfonamides is 1. The number of nitrogens with zero attached hydrogens (tertiary/aromatic N) is 1. The summed E-state index contributed by atoms with van der Waals surface area (Å²) in [6, 6.07) is 7.18. The van der Waals surface area contributed by atoms with Gasteiger partial charge < -0.3 is 4.79 Å². The maximum Gasteiger partial charge on any atom is 0.232 e. The van der Waals surface area contributed by atoms with Crippen LogP contribution in [0.25, 0.3) is 0 Å². The van der Waals surface area contributed by atoms with E-state index in [-0.39, 0.29) is 0 Å². The van der Waals surface area contributed by atoms with E-state index in [0.29, 0.717) is 18.5 Å². The fourth-order valence-electron chi connectivity index (χ4n) is 1.42. The van der Waals surface area contributed by atoms with Crippen LogP contribution in [0.1, 0.15) is 12.0 Å². The lowest BCUT2D eigenvalue weighted by Crippen LogP contribution is -2.25. The normalized spacial score (nSPS) is 11.1. The Balaban J connectivity index is 3.07. The molecule has 0 aliphatic heterocycles. The Labute approximate surface area is 95.9 Å². The first-order chi connectivity index (χ1) is 7.46. The van der Waals surface area contributed by atoms with Gasteiger partial charge in [-0.15, -0.1) is 0 Å². The number of carbonyl (C=O) groups is 1. The van der Waals surface area contributed by atoms with Crippen molar-refractivity contribution in [2.24, 2.45) is 0 Å². The Hall–Kier alpha value is -1.36. The van der Waals surface area contributed by atoms with Gasteiger partial charge in [-0.2, -0.15) is 0 Å². The van der Waals surface area contributed by atoms with E-state index in [1.807, 2.05) is 12.1 Å². The summed E-state index contributed by atoms with van der Waals surface area (Å²) in [4.78, 5) is 10.3. The van der Waals surface area contributed by atoms with E-state index in [1.165, 1.54) is 11.4 Å². The SMILES string of the molecule is CN(c1ccccc1CCC=O)S(C)(=O)=O. The molecule has 0 radical (unpaired) electrons. The van der Waals surface area contributed by atoms with Crippen LogP contribution in [-0.4, -0.2) is 28.0 Å². The number of carbonyl (C=O) groups excluding carboxylic acids is 1. The van der Waals surface area contributed by atoms with Gasteiger partial charge in [-0.05, 0) is 18.1 Å². The number of anilines is 1. The third kappa shape index (κ3) is 3.06. The molecule has 0 bridgehead atoms. The van der Waals surface area contributed by atoms with Gasteiger partial charge in [0.05, 0.1) is 11.9 Å². The molecule has 1 rings (SSSR count). The van der Waals surface area contributed by atoms with Crippen molar-refractivity contribution in [1.82, 2.24) is 0 Å². The monoisotopic (exact) mass is 241 g/mol. The molecule has 0 fully saturated rings. The smallest absolute Gasteiger partial charge is 0.232 e. The first-order valence-corrected chi connectivity index (χ1v) is 6.77. The highest BCUT2D eigenvalue weighted by atomic mass is 32.2. The second kappa shape index (κ2) is 5.12. The van der Waals surface area contributed by atoms with Crippen molar-refractivity contribution in [3.63, 3.8) is 0 Å². The van der Waals surface area contributed by atoms with Crippen LogP contribution in [0, 0.1) is 0 Å². The summed E-state index contributed by atoms with van der Waals surface area (Å²) in [7, 11) is -1.75. The lowest BCUT2D eigenvalue weighted by Gasteiger charge is -2.19. The summed E-state index contributed by atoms with van der Waals surface area (Å²) < 4.78 is 24.1. The van der Waals surface area contributed by atoms with Crippen LogP contribution in [0.4, 0.5) is 5.69 Å². The second-order valence-corrected chi connectivity index (χ2v) is 5.58. The maximum absolute atomic E-state index is 11.4. The molecule has 0 saturated carbocycles. The molecule has 0 atom stereocenters. The van der Waals surface area contributed by atoms with Crippen molar-refractivity contribution >= 4 is 22.0 Å². The van der Waals surface area contributed by atoms with Crippen LogP contribution in [0.15, 0.2) is 24.3 Å². The zero-order valence-corrected chi connectivity index (χ0v) is 10.2. The van der Waals surface area contributed by atoms with Crippen LogP contribution in [0.5, 0.6) is 0 Å². The third-order valence-electron chi connectivity index (χ3n) is 2.36. The number of hydrogen-bond acceptors (Lipinski definition) is 3. The zero-order chi connectivity index (χ0) is 12.2. The minimum atomic E-state index is -3.26. The molecule has 0 aliphatic carbocycles. The first kappa shape index (κ1) is 12.7. The summed E-state index contributed by atoms with van der Waals surface area (Å²) in [6.45, 7) is 0. The molecule has 5 heteroatoms. The van der Waals surface area contributed by atoms with Gasteiger partial charge in [-0.25, -0.2) is 8.42 Å². The molecule has 0 N–H and O–H groups in total. The van der Waals surface area contributed by atoms with Crippen LogP contribution in [0.3, 0.4) is 0 Å². The van der Waals surface area contributed by atoms with Gasteiger partial charge in [0, 0.05) is 13.5 Å². The number of rotatable bonds is 5. The Kier molecular flexibility index (Phi) is 4.06. The largest absolute Gasteiger partial charge is 0.303 e. The van der Waals surface area contributed by atoms with Crippen molar-refractivity contribution in [3.8, 4) is 0 Å². The van der Waals surface area contributed by atoms with Gasteiger partial charge in [-0.1, -0.05) is 18.2 Å². The van der Waals surface area contributed by atoms with E-state index in [2.05, 4.69) is 0 Å². The van der Waals surface area contributed by atoms with E-state index >= 15 is 0 Å². The highest BCUT2D eigenvalue weighted by Gasteiger charge is 2.14. The maximum atomic E-state index is 11.4. The molecule has 1 aromatic carbocycles. The molecular formula is C11H15NO3S. The molecular weight excluding hydrogens is 226 g/mol. The topological polar surface area (TPSA) is 54.5 Å². The fraction of sp³-hybridized carbons (Fsp3) is 0.364. The van der Waals surface area contributed by atoms with Gasteiger partial charge in [0.2, 0.25) is 10.0 Å². The molecule has 88 valence electrons. The van der Waals surface area contributed by atoms with Gasteiger partial charge >= 0.3 is 0 Å². The number of aldehydes is 1. The number of hydrogen-bond donors (Lipinski definition) is 0. The quantitative estimate of drug-likeness (QED) is 0.728. The average molecular weight is 241 g/mol. The standard InChI is InChI=1S/C11H15NO3S/c1-12(16(2,14)15)11-8-4-3-6-10(11)7-5-9-13/h3-4,6,8-9H,5,7H2,1-2H3. The average Bonchev–Trinajstić information content (AvgIpc) is 2.24. The molecule has 16 heavy (non-hydrogen) atoms. The van der Waals surface area contributed by atoms with Gasteiger partial charge in [-0.3, -0.25) is 4.31 Å². The zero-order valence-electron chi connectivity index (χ0n) is 9.38. The number of aryl methyl sites for hydroxylation is 1. The molecule has 0 amide bonds. The molecule has 0 aromatic heterocycles. The lowest BCUT2D eigenvalue weighted by molar-refractivity contribution is -0.107. The molecule has 0 unspecified atom stereocenters. The predicted octanol–water partition coefficient (Wildman–Crippen LogP) is 1.21. The second-order valence-electron chi connectivity index (χ2n) is 3.56. The highest BCUT2D eigenvalue weighted by molar-refractivity contribution is 7.92. The Morgan fingerprint density at radius 1 is 1.31 bits per heavy atom. The lowest BCUT2D eigenvalue weighted by atomic mass is 10.1. The van der Waals surface area contributed by atoms with Crippen LogP contribution < -0.4 is 4.31 Å². The van der Waals surface area contributed by atoms with Gasteiger partial charge in [0.25, 0.3) is 0 Å². The number of para-hydroxylation sites is 1. The van der Waals surface area contributed by atoms with E-state index in [1.54, 1.807) is 12.1 Å². The van der Waals surface area contributed by atoms with Crippen LogP contribution in [-0.2, 0) is 21.2 Å². The fourth-order valence-corrected chi connectivity index (χ4v) is 1.96. The Bertz CT molecular complexity index is 468. The molecule has 1 aromatic rings. The summed E-state index contributed by atoms with van der Waals surface area (Å²) in [5.74, 6) is 0. The van der Waals surface area contributed by atoms with E-state index in [9.17, 15) is 13.2 Å². The summed E-state index contributed by atoms with van der Waals surface area (Å²) >= 11 is 0. The summed E-state index contributed by atoms with van der Waals surface area (Å²) in [5.41, 5.74) is 1.49. The number of benzene rings is 1. The third-order valence-corrected chi connectivity index (χ3v) is 3.55. The van der Waals surface area contributed by atoms with E-state index < -0.39 is 10.0 Å². The minimum Gasteiger partial charge on any atom is -0.303 e. The summed E-state index contributed by atoms with van der Waals surface area (Å²) in [5, 5.41) is 0. The molecule has 4 nitrogen and oxygen atoms in total. The van der Waals surface area contributed by atoms with Crippen molar-refractivity contribution < 1.29 is 13.2 Å². The summed E-state index contributed by atoms with van der Waals surface area (Å²) in [6.07, 6.45) is 2.94. The minimum absolute atomic E-state index is 0.397. The van der Waals surface area contributed by atoms with Gasteiger partial charge in [0.1, 0.15) is 6.29 Å². The molecule has 0 aliphatic rings. The molecule has 0 heterocycles. The van der Waals surface area contributed by atoms with E-state index in [0.717, 1.165) is 18.1 Å². The van der Waals surface area contributed by atoms with Crippen molar-refractivity contribution in [2.75, 3.05) is 17.6 Å². The van der Waals surface area contributed by atoms with E-state index in [4.69, 9.17) is 0 Å². The van der Waals surface area contributed by atoms with Crippen molar-refractivity contribution in [2.45, 2.75) is 12.8 Å². The Morgan fingerprint density at radius 3 is 2.50 bits per heavy atom. The predicted molar refractivity (Wildman–Crippen MR) is 64.1 cm³/mol. The molecule has 0 spiro atoms. The highest BCUT2D eigenvalue weighted by Crippen LogP contribution is 2.22. The molecule has 0 saturated heterocycles. The van der Waals surface area contributed by atoms with Crippen LogP contribution >= 0.6 is 0 Å². The van der Waals surface area contributed by atoms with Gasteiger partial charge in [0.15, 0.2) is 0 Å². The first-order valence-electron chi connectivity index (χ1n) is 4.92. The van der Waals surface area contributed by atoms with Crippen molar-refractivity contribution in [1.29, 1.82) is 0 Å².